The molecule has 1 aromatic carbocycles. The molecule has 24 heavy (non-hydrogen) atoms. The van der Waals surface area contributed by atoms with Crippen LogP contribution >= 0.6 is 11.8 Å². The number of ether oxygens (including phenoxy) is 1. The number of rotatable bonds is 7. The normalized spacial score (nSPS) is 11.2. The number of halogens is 2. The summed E-state index contributed by atoms with van der Waals surface area (Å²) in [5.74, 6) is 1.46. The molecular weight excluding hydrogens is 338 g/mol. The number of thioether (sulfide) groups is 1. The van der Waals surface area contributed by atoms with Gasteiger partial charge in [0.15, 0.2) is 6.61 Å². The van der Waals surface area contributed by atoms with Gasteiger partial charge >= 0.3 is 6.55 Å². The van der Waals surface area contributed by atoms with Crippen molar-refractivity contribution < 1.29 is 17.9 Å². The maximum absolute atomic E-state index is 12.7. The zero-order valence-electron chi connectivity index (χ0n) is 12.7. The van der Waals surface area contributed by atoms with E-state index >= 15 is 0 Å². The zero-order valence-corrected chi connectivity index (χ0v) is 13.5. The highest BCUT2D eigenvalue weighted by Crippen LogP contribution is 2.23. The van der Waals surface area contributed by atoms with Gasteiger partial charge in [-0.15, -0.1) is 10.2 Å². The summed E-state index contributed by atoms with van der Waals surface area (Å²) in [5.41, 5.74) is 1.14. The van der Waals surface area contributed by atoms with Crippen LogP contribution in [0.1, 0.15) is 23.8 Å². The van der Waals surface area contributed by atoms with E-state index in [0.29, 0.717) is 11.6 Å². The van der Waals surface area contributed by atoms with E-state index in [1.165, 1.54) is 12.4 Å². The van der Waals surface area contributed by atoms with Crippen LogP contribution < -0.4 is 4.74 Å². The number of hydrogen-bond acceptors (Lipinski definition) is 6. The lowest BCUT2D eigenvalue weighted by Crippen LogP contribution is -2.01. The average molecular weight is 352 g/mol. The van der Waals surface area contributed by atoms with Crippen molar-refractivity contribution in [2.45, 2.75) is 31.1 Å². The fourth-order valence-electron chi connectivity index (χ4n) is 1.89. The number of aromatic nitrogens is 4. The first-order valence-electron chi connectivity index (χ1n) is 7.06. The number of nitrogens with zero attached hydrogens (tertiary/aromatic N) is 4. The predicted octanol–water partition coefficient (Wildman–Crippen LogP) is 3.84. The lowest BCUT2D eigenvalue weighted by atomic mass is 10.2. The Labute approximate surface area is 140 Å². The van der Waals surface area contributed by atoms with E-state index in [1.807, 2.05) is 31.2 Å². The second-order valence-corrected chi connectivity index (χ2v) is 5.81. The van der Waals surface area contributed by atoms with E-state index in [0.717, 1.165) is 21.9 Å². The molecule has 3 aromatic rings. The standard InChI is InChI=1S/C15H14F2N4O2S/c1-10-2-4-11(5-3-10)22-8-13-19-20-15(23-13)24-9-12-18-6-7-21(12)14(16)17/h2-7,14H,8-9H2,1H3. The largest absolute Gasteiger partial charge is 0.484 e. The van der Waals surface area contributed by atoms with Gasteiger partial charge in [0.2, 0.25) is 0 Å². The summed E-state index contributed by atoms with van der Waals surface area (Å²) in [6, 6.07) is 7.59. The van der Waals surface area contributed by atoms with Gasteiger partial charge in [-0.2, -0.15) is 8.78 Å². The van der Waals surface area contributed by atoms with Gasteiger partial charge in [-0.05, 0) is 19.1 Å². The molecule has 0 amide bonds. The highest BCUT2D eigenvalue weighted by molar-refractivity contribution is 7.98. The maximum Gasteiger partial charge on any atom is 0.319 e. The Kier molecular flexibility index (Phi) is 5.09. The van der Waals surface area contributed by atoms with Crippen LogP contribution in [0.4, 0.5) is 8.78 Å². The lowest BCUT2D eigenvalue weighted by Gasteiger charge is -2.04. The molecule has 0 bridgehead atoms. The molecule has 0 saturated heterocycles. The quantitative estimate of drug-likeness (QED) is 0.602. The lowest BCUT2D eigenvalue weighted by molar-refractivity contribution is 0.0678. The van der Waals surface area contributed by atoms with Crippen molar-refractivity contribution >= 4 is 11.8 Å². The van der Waals surface area contributed by atoms with E-state index < -0.39 is 6.55 Å². The highest BCUT2D eigenvalue weighted by Gasteiger charge is 2.14. The van der Waals surface area contributed by atoms with Crippen LogP contribution in [0.3, 0.4) is 0 Å². The first-order chi connectivity index (χ1) is 11.6. The third kappa shape index (κ3) is 4.10. The molecule has 0 unspecified atom stereocenters. The van der Waals surface area contributed by atoms with Crippen molar-refractivity contribution in [2.75, 3.05) is 0 Å². The first-order valence-corrected chi connectivity index (χ1v) is 8.05. The summed E-state index contributed by atoms with van der Waals surface area (Å²) in [6.45, 7) is -0.489. The van der Waals surface area contributed by atoms with E-state index in [-0.39, 0.29) is 23.4 Å². The van der Waals surface area contributed by atoms with Gasteiger partial charge in [-0.3, -0.25) is 4.57 Å². The fourth-order valence-corrected chi connectivity index (χ4v) is 2.62. The van der Waals surface area contributed by atoms with Crippen LogP contribution in [0, 0.1) is 6.92 Å². The van der Waals surface area contributed by atoms with Crippen LogP contribution in [-0.2, 0) is 12.4 Å². The predicted molar refractivity (Wildman–Crippen MR) is 82.9 cm³/mol. The van der Waals surface area contributed by atoms with E-state index in [1.54, 1.807) is 0 Å². The van der Waals surface area contributed by atoms with Crippen molar-refractivity contribution in [1.82, 2.24) is 19.7 Å². The minimum atomic E-state index is -2.62. The minimum Gasteiger partial charge on any atom is -0.484 e. The van der Waals surface area contributed by atoms with Crippen molar-refractivity contribution in [3.8, 4) is 5.75 Å². The molecule has 0 atom stereocenters. The summed E-state index contributed by atoms with van der Waals surface area (Å²) in [7, 11) is 0. The number of alkyl halides is 2. The molecular formula is C15H14F2N4O2S. The third-order valence-corrected chi connectivity index (χ3v) is 3.93. The molecule has 2 aromatic heterocycles. The second kappa shape index (κ2) is 7.43. The number of imidazole rings is 1. The zero-order chi connectivity index (χ0) is 16.9. The molecule has 126 valence electrons. The summed E-state index contributed by atoms with van der Waals surface area (Å²) in [4.78, 5) is 3.89. The molecule has 0 radical (unpaired) electrons. The van der Waals surface area contributed by atoms with Gasteiger partial charge in [0.1, 0.15) is 11.6 Å². The topological polar surface area (TPSA) is 66.0 Å². The van der Waals surface area contributed by atoms with Crippen LogP contribution in [-0.4, -0.2) is 19.7 Å². The first kappa shape index (κ1) is 16.4. The van der Waals surface area contributed by atoms with Gasteiger partial charge < -0.3 is 9.15 Å². The van der Waals surface area contributed by atoms with Gasteiger partial charge in [0.25, 0.3) is 11.1 Å². The molecule has 0 fully saturated rings. The van der Waals surface area contributed by atoms with Crippen molar-refractivity contribution in [3.05, 3.63) is 53.9 Å². The van der Waals surface area contributed by atoms with Crippen molar-refractivity contribution in [2.24, 2.45) is 0 Å². The van der Waals surface area contributed by atoms with Crippen LogP contribution in [0.25, 0.3) is 0 Å². The third-order valence-electron chi connectivity index (χ3n) is 3.12. The Bertz CT molecular complexity index is 789. The van der Waals surface area contributed by atoms with Gasteiger partial charge in [0, 0.05) is 12.4 Å². The summed E-state index contributed by atoms with van der Waals surface area (Å²) in [5, 5.41) is 8.01. The Balaban J connectivity index is 1.53. The molecule has 9 heteroatoms. The molecule has 0 spiro atoms. The summed E-state index contributed by atoms with van der Waals surface area (Å²) in [6.07, 6.45) is 2.56. The SMILES string of the molecule is Cc1ccc(OCc2nnc(SCc3nccn3C(F)F)o2)cc1. The fraction of sp³-hybridized carbons (Fsp3) is 0.267. The second-order valence-electron chi connectivity index (χ2n) is 4.88. The van der Waals surface area contributed by atoms with Crippen molar-refractivity contribution in [1.29, 1.82) is 0 Å². The number of benzene rings is 1. The highest BCUT2D eigenvalue weighted by atomic mass is 32.2. The molecule has 3 rings (SSSR count). The van der Waals surface area contributed by atoms with Crippen LogP contribution in [0.15, 0.2) is 46.3 Å². The Morgan fingerprint density at radius 1 is 1.25 bits per heavy atom. The van der Waals surface area contributed by atoms with E-state index in [9.17, 15) is 8.78 Å². The summed E-state index contributed by atoms with van der Waals surface area (Å²) < 4.78 is 37.2. The Morgan fingerprint density at radius 2 is 2.04 bits per heavy atom. The summed E-state index contributed by atoms with van der Waals surface area (Å²) >= 11 is 1.14. The maximum atomic E-state index is 12.7. The van der Waals surface area contributed by atoms with Crippen LogP contribution in [0.5, 0.6) is 5.75 Å². The molecule has 2 heterocycles. The van der Waals surface area contributed by atoms with Crippen LogP contribution in [0.2, 0.25) is 0 Å². The molecule has 0 saturated carbocycles. The molecule has 0 aliphatic carbocycles. The van der Waals surface area contributed by atoms with E-state index in [4.69, 9.17) is 9.15 Å². The molecule has 6 nitrogen and oxygen atoms in total. The monoisotopic (exact) mass is 352 g/mol. The molecule has 0 aliphatic heterocycles. The molecule has 0 N–H and O–H groups in total. The van der Waals surface area contributed by atoms with E-state index in [2.05, 4.69) is 15.2 Å². The van der Waals surface area contributed by atoms with Gasteiger partial charge in [0.05, 0.1) is 5.75 Å². The average Bonchev–Trinajstić information content (AvgIpc) is 3.21. The number of aryl methyl sites for hydroxylation is 1. The number of hydrogen-bond donors (Lipinski definition) is 0. The van der Waals surface area contributed by atoms with Gasteiger partial charge in [-0.1, -0.05) is 29.5 Å². The van der Waals surface area contributed by atoms with Gasteiger partial charge in [-0.25, -0.2) is 4.98 Å². The van der Waals surface area contributed by atoms with Crippen molar-refractivity contribution in [3.63, 3.8) is 0 Å². The Hall–Kier alpha value is -2.42. The Morgan fingerprint density at radius 3 is 2.79 bits per heavy atom. The minimum absolute atomic E-state index is 0.141. The molecule has 0 aliphatic rings. The smallest absolute Gasteiger partial charge is 0.319 e.